The van der Waals surface area contributed by atoms with E-state index in [9.17, 15) is 9.59 Å². The zero-order valence-corrected chi connectivity index (χ0v) is 16.6. The maximum Gasteiger partial charge on any atom is 0.253 e. The van der Waals surface area contributed by atoms with Crippen molar-refractivity contribution in [1.82, 2.24) is 4.90 Å². The fourth-order valence-corrected chi connectivity index (χ4v) is 4.01. The molecule has 0 atom stereocenters. The molecule has 3 aromatic carbocycles. The Morgan fingerprint density at radius 1 is 0.828 bits per heavy atom. The number of carbonyl (C=O) groups excluding carboxylic acids is 2. The number of rotatable bonds is 4. The highest BCUT2D eigenvalue weighted by atomic mass is 16.2. The molecule has 1 heterocycles. The topological polar surface area (TPSA) is 49.4 Å². The number of carbonyl (C=O) groups is 2. The first-order valence-electron chi connectivity index (χ1n) is 10.4. The number of fused-ring (bicyclic) bond motifs is 1. The third-order valence-electron chi connectivity index (χ3n) is 5.52. The van der Waals surface area contributed by atoms with Gasteiger partial charge in [-0.15, -0.1) is 0 Å². The molecule has 2 amide bonds. The van der Waals surface area contributed by atoms with Gasteiger partial charge in [-0.3, -0.25) is 9.59 Å². The first-order chi connectivity index (χ1) is 14.2. The molecule has 3 aromatic rings. The van der Waals surface area contributed by atoms with Crippen LogP contribution in [0.15, 0.2) is 66.7 Å². The molecule has 148 valence electrons. The summed E-state index contributed by atoms with van der Waals surface area (Å²) in [6.45, 7) is 1.63. The van der Waals surface area contributed by atoms with E-state index in [-0.39, 0.29) is 11.8 Å². The van der Waals surface area contributed by atoms with E-state index in [1.54, 1.807) is 6.07 Å². The highest BCUT2D eigenvalue weighted by molar-refractivity contribution is 5.99. The summed E-state index contributed by atoms with van der Waals surface area (Å²) in [5, 5.41) is 5.18. The minimum Gasteiger partial charge on any atom is -0.339 e. The van der Waals surface area contributed by atoms with Crippen molar-refractivity contribution in [2.75, 3.05) is 18.4 Å². The molecule has 0 spiro atoms. The van der Waals surface area contributed by atoms with Crippen LogP contribution in [0.1, 0.15) is 41.6 Å². The molecular weight excluding hydrogens is 360 g/mol. The van der Waals surface area contributed by atoms with Gasteiger partial charge in [-0.25, -0.2) is 0 Å². The summed E-state index contributed by atoms with van der Waals surface area (Å²) < 4.78 is 0. The smallest absolute Gasteiger partial charge is 0.253 e. The van der Waals surface area contributed by atoms with Crippen LogP contribution in [0.4, 0.5) is 5.69 Å². The highest BCUT2D eigenvalue weighted by Gasteiger charge is 2.17. The van der Waals surface area contributed by atoms with Gasteiger partial charge in [0.15, 0.2) is 0 Å². The van der Waals surface area contributed by atoms with E-state index in [4.69, 9.17) is 0 Å². The SMILES string of the molecule is O=C(Cc1cccc2ccccc12)Nc1cccc(C(=O)N2CCCCCC2)c1. The maximum absolute atomic E-state index is 12.8. The summed E-state index contributed by atoms with van der Waals surface area (Å²) in [4.78, 5) is 27.4. The van der Waals surface area contributed by atoms with Crippen molar-refractivity contribution in [1.29, 1.82) is 0 Å². The number of hydrogen-bond acceptors (Lipinski definition) is 2. The summed E-state index contributed by atoms with van der Waals surface area (Å²) >= 11 is 0. The quantitative estimate of drug-likeness (QED) is 0.683. The Labute approximate surface area is 171 Å². The van der Waals surface area contributed by atoms with Crippen molar-refractivity contribution < 1.29 is 9.59 Å². The fourth-order valence-electron chi connectivity index (χ4n) is 4.01. The van der Waals surface area contributed by atoms with Crippen molar-refractivity contribution >= 4 is 28.3 Å². The normalized spacial score (nSPS) is 14.4. The Hall–Kier alpha value is -3.14. The van der Waals surface area contributed by atoms with Crippen LogP contribution in [0, 0.1) is 0 Å². The number of anilines is 1. The number of hydrogen-bond donors (Lipinski definition) is 1. The lowest BCUT2D eigenvalue weighted by Crippen LogP contribution is -2.31. The maximum atomic E-state index is 12.8. The lowest BCUT2D eigenvalue weighted by Gasteiger charge is -2.20. The van der Waals surface area contributed by atoms with Gasteiger partial charge in [0.25, 0.3) is 5.91 Å². The zero-order chi connectivity index (χ0) is 20.1. The Bertz CT molecular complexity index is 1010. The van der Waals surface area contributed by atoms with Crippen molar-refractivity contribution in [3.05, 3.63) is 77.9 Å². The van der Waals surface area contributed by atoms with Crippen molar-refractivity contribution in [2.45, 2.75) is 32.1 Å². The van der Waals surface area contributed by atoms with E-state index < -0.39 is 0 Å². The number of benzene rings is 3. The summed E-state index contributed by atoms with van der Waals surface area (Å²) in [5.74, 6) is -0.0298. The minimum absolute atomic E-state index is 0.0528. The zero-order valence-electron chi connectivity index (χ0n) is 16.6. The van der Waals surface area contributed by atoms with Crippen molar-refractivity contribution in [3.63, 3.8) is 0 Å². The van der Waals surface area contributed by atoms with Crippen LogP contribution in [0.25, 0.3) is 10.8 Å². The summed E-state index contributed by atoms with van der Waals surface area (Å²) in [7, 11) is 0. The molecular formula is C25H26N2O2. The lowest BCUT2D eigenvalue weighted by atomic mass is 10.0. The van der Waals surface area contributed by atoms with E-state index in [0.29, 0.717) is 17.7 Å². The van der Waals surface area contributed by atoms with Gasteiger partial charge in [-0.2, -0.15) is 0 Å². The van der Waals surface area contributed by atoms with E-state index in [1.807, 2.05) is 53.4 Å². The van der Waals surface area contributed by atoms with E-state index in [0.717, 1.165) is 42.3 Å². The second-order valence-electron chi connectivity index (χ2n) is 7.65. The molecule has 29 heavy (non-hydrogen) atoms. The average molecular weight is 386 g/mol. The monoisotopic (exact) mass is 386 g/mol. The van der Waals surface area contributed by atoms with Gasteiger partial charge in [0, 0.05) is 24.3 Å². The molecule has 0 saturated carbocycles. The highest BCUT2D eigenvalue weighted by Crippen LogP contribution is 2.20. The first-order valence-corrected chi connectivity index (χ1v) is 10.4. The molecule has 0 radical (unpaired) electrons. The van der Waals surface area contributed by atoms with Crippen molar-refractivity contribution in [2.24, 2.45) is 0 Å². The standard InChI is InChI=1S/C25H26N2O2/c28-24(18-20-11-7-10-19-9-3-4-14-23(19)20)26-22-13-8-12-21(17-22)25(29)27-15-5-1-2-6-16-27/h3-4,7-14,17H,1-2,5-6,15-16,18H2,(H,26,28). The molecule has 0 bridgehead atoms. The number of nitrogens with zero attached hydrogens (tertiary/aromatic N) is 1. The van der Waals surface area contributed by atoms with Crippen LogP contribution in [0.5, 0.6) is 0 Å². The van der Waals surface area contributed by atoms with E-state index in [2.05, 4.69) is 17.4 Å². The second-order valence-corrected chi connectivity index (χ2v) is 7.65. The van der Waals surface area contributed by atoms with Crippen molar-refractivity contribution in [3.8, 4) is 0 Å². The first kappa shape index (κ1) is 19.2. The molecule has 1 aliphatic heterocycles. The van der Waals surface area contributed by atoms with Crippen LogP contribution in [-0.2, 0) is 11.2 Å². The van der Waals surface area contributed by atoms with Gasteiger partial charge < -0.3 is 10.2 Å². The van der Waals surface area contributed by atoms with Crippen LogP contribution >= 0.6 is 0 Å². The number of nitrogens with one attached hydrogen (secondary N) is 1. The van der Waals surface area contributed by atoms with Crippen LogP contribution in [0.3, 0.4) is 0 Å². The van der Waals surface area contributed by atoms with Crippen LogP contribution in [-0.4, -0.2) is 29.8 Å². The van der Waals surface area contributed by atoms with Gasteiger partial charge in [-0.05, 0) is 47.4 Å². The molecule has 4 heteroatoms. The third kappa shape index (κ3) is 4.65. The largest absolute Gasteiger partial charge is 0.339 e. The Balaban J connectivity index is 1.46. The van der Waals surface area contributed by atoms with Gasteiger partial charge >= 0.3 is 0 Å². The molecule has 0 aliphatic carbocycles. The Kier molecular flexibility index (Phi) is 5.89. The number of likely N-dealkylation sites (tertiary alicyclic amines) is 1. The minimum atomic E-state index is -0.0827. The van der Waals surface area contributed by atoms with Gasteiger partial charge in [-0.1, -0.05) is 61.4 Å². The molecule has 0 aromatic heterocycles. The molecule has 1 fully saturated rings. The van der Waals surface area contributed by atoms with Crippen LogP contribution < -0.4 is 5.32 Å². The predicted molar refractivity (Wildman–Crippen MR) is 117 cm³/mol. The third-order valence-corrected chi connectivity index (χ3v) is 5.52. The molecule has 1 saturated heterocycles. The average Bonchev–Trinajstić information content (AvgIpc) is 3.03. The Morgan fingerprint density at radius 2 is 1.55 bits per heavy atom. The summed E-state index contributed by atoms with van der Waals surface area (Å²) in [6.07, 6.45) is 4.80. The molecule has 4 nitrogen and oxygen atoms in total. The van der Waals surface area contributed by atoms with Gasteiger partial charge in [0.05, 0.1) is 6.42 Å². The second kappa shape index (κ2) is 8.91. The van der Waals surface area contributed by atoms with Gasteiger partial charge in [0.1, 0.15) is 0 Å². The van der Waals surface area contributed by atoms with Crippen LogP contribution in [0.2, 0.25) is 0 Å². The summed E-state index contributed by atoms with van der Waals surface area (Å²) in [5.41, 5.74) is 2.29. The molecule has 4 rings (SSSR count). The molecule has 1 N–H and O–H groups in total. The molecule has 1 aliphatic rings. The Morgan fingerprint density at radius 3 is 2.38 bits per heavy atom. The number of amides is 2. The lowest BCUT2D eigenvalue weighted by molar-refractivity contribution is -0.115. The van der Waals surface area contributed by atoms with Gasteiger partial charge in [0.2, 0.25) is 5.91 Å². The van der Waals surface area contributed by atoms with E-state index in [1.165, 1.54) is 12.8 Å². The molecule has 0 unspecified atom stereocenters. The fraction of sp³-hybridized carbons (Fsp3) is 0.280. The summed E-state index contributed by atoms with van der Waals surface area (Å²) in [6, 6.07) is 21.4. The predicted octanol–water partition coefficient (Wildman–Crippen LogP) is 5.04. The van der Waals surface area contributed by atoms with E-state index >= 15 is 0 Å².